The van der Waals surface area contributed by atoms with Crippen molar-refractivity contribution in [3.63, 3.8) is 0 Å². The van der Waals surface area contributed by atoms with Gasteiger partial charge in [-0.05, 0) is 18.2 Å². The minimum atomic E-state index is -0.656. The van der Waals surface area contributed by atoms with Crippen molar-refractivity contribution in [2.45, 2.75) is 13.5 Å². The average molecular weight is 327 g/mol. The first-order valence-electron chi connectivity index (χ1n) is 7.08. The summed E-state index contributed by atoms with van der Waals surface area (Å²) in [4.78, 5) is 37.5. The van der Waals surface area contributed by atoms with E-state index in [0.29, 0.717) is 5.89 Å². The van der Waals surface area contributed by atoms with Crippen LogP contribution in [0.5, 0.6) is 0 Å². The lowest BCUT2D eigenvalue weighted by Crippen LogP contribution is -2.29. The third-order valence-electron chi connectivity index (χ3n) is 3.41. The average Bonchev–Trinajstić information content (AvgIpc) is 3.10. The Morgan fingerprint density at radius 2 is 2.04 bits per heavy atom. The highest BCUT2D eigenvalue weighted by Gasteiger charge is 2.35. The molecule has 2 amide bonds. The number of hydrogen-bond donors (Lipinski definition) is 0. The van der Waals surface area contributed by atoms with E-state index in [1.165, 1.54) is 24.3 Å². The molecule has 0 unspecified atom stereocenters. The van der Waals surface area contributed by atoms with E-state index in [1.54, 1.807) is 6.92 Å². The molecule has 8 nitrogen and oxygen atoms in total. The Hall–Kier alpha value is -3.29. The van der Waals surface area contributed by atoms with Crippen molar-refractivity contribution in [1.82, 2.24) is 15.1 Å². The molecule has 24 heavy (non-hydrogen) atoms. The van der Waals surface area contributed by atoms with Crippen molar-refractivity contribution >= 4 is 17.8 Å². The summed E-state index contributed by atoms with van der Waals surface area (Å²) >= 11 is 0. The van der Waals surface area contributed by atoms with E-state index in [0.717, 1.165) is 4.90 Å². The Morgan fingerprint density at radius 3 is 2.71 bits per heavy atom. The Kier molecular flexibility index (Phi) is 3.95. The van der Waals surface area contributed by atoms with Crippen LogP contribution in [0.25, 0.3) is 0 Å². The molecular formula is C16H13N3O5. The van der Waals surface area contributed by atoms with Gasteiger partial charge in [0.05, 0.1) is 16.7 Å². The third-order valence-corrected chi connectivity index (χ3v) is 3.41. The number of ether oxygens (including phenoxy) is 1. The number of imide groups is 1. The number of amides is 2. The minimum absolute atomic E-state index is 0.114. The van der Waals surface area contributed by atoms with E-state index in [1.807, 2.05) is 0 Å². The van der Waals surface area contributed by atoms with Crippen LogP contribution < -0.4 is 0 Å². The summed E-state index contributed by atoms with van der Waals surface area (Å²) in [6.07, 6.45) is 1.46. The normalized spacial score (nSPS) is 13.1. The van der Waals surface area contributed by atoms with Crippen molar-refractivity contribution in [2.75, 3.05) is 6.54 Å². The van der Waals surface area contributed by atoms with Crippen molar-refractivity contribution in [2.24, 2.45) is 0 Å². The molecule has 8 heteroatoms. The second-order valence-corrected chi connectivity index (χ2v) is 5.06. The van der Waals surface area contributed by atoms with Gasteiger partial charge in [0.25, 0.3) is 17.7 Å². The predicted molar refractivity (Wildman–Crippen MR) is 80.2 cm³/mol. The molecule has 1 aromatic carbocycles. The maximum absolute atomic E-state index is 12.2. The zero-order chi connectivity index (χ0) is 17.3. The fraction of sp³-hybridized carbons (Fsp3) is 0.188. The molecule has 1 aromatic heterocycles. The second kappa shape index (κ2) is 6.07. The van der Waals surface area contributed by atoms with E-state index >= 15 is 0 Å². The molecule has 0 N–H and O–H groups in total. The number of carbonyl (C=O) groups excluding carboxylic acids is 3. The Labute approximate surface area is 136 Å². The van der Waals surface area contributed by atoms with Gasteiger partial charge >= 0.3 is 5.97 Å². The van der Waals surface area contributed by atoms with Crippen LogP contribution in [0.2, 0.25) is 0 Å². The third kappa shape index (κ3) is 2.69. The highest BCUT2D eigenvalue weighted by molar-refractivity contribution is 6.22. The van der Waals surface area contributed by atoms with Gasteiger partial charge in [-0.2, -0.15) is 0 Å². The van der Waals surface area contributed by atoms with Gasteiger partial charge < -0.3 is 9.15 Å². The number of fused-ring (bicyclic) bond motifs is 1. The van der Waals surface area contributed by atoms with Crippen LogP contribution in [-0.2, 0) is 11.3 Å². The Balaban J connectivity index is 1.77. The molecule has 0 atom stereocenters. The van der Waals surface area contributed by atoms with E-state index in [2.05, 4.69) is 16.8 Å². The maximum Gasteiger partial charge on any atom is 0.338 e. The van der Waals surface area contributed by atoms with Gasteiger partial charge in [-0.1, -0.05) is 6.08 Å². The van der Waals surface area contributed by atoms with Crippen LogP contribution in [-0.4, -0.2) is 39.4 Å². The SMILES string of the molecule is C=CCN1C(=O)c2ccc(C(=O)OCc3nnc(C)o3)cc2C1=O. The predicted octanol–water partition coefficient (Wildman–Crippen LogP) is 1.52. The van der Waals surface area contributed by atoms with Crippen molar-refractivity contribution in [1.29, 1.82) is 0 Å². The second-order valence-electron chi connectivity index (χ2n) is 5.06. The lowest BCUT2D eigenvalue weighted by Gasteiger charge is -2.09. The van der Waals surface area contributed by atoms with E-state index in [4.69, 9.17) is 9.15 Å². The minimum Gasteiger partial charge on any atom is -0.452 e. The standard InChI is InChI=1S/C16H13N3O5/c1-3-6-19-14(20)11-5-4-10(7-12(11)15(19)21)16(22)23-8-13-18-17-9(2)24-13/h3-5,7H,1,6,8H2,2H3. The number of aryl methyl sites for hydroxylation is 1. The van der Waals surface area contributed by atoms with E-state index in [-0.39, 0.29) is 35.7 Å². The Bertz CT molecular complexity index is 855. The molecule has 2 heterocycles. The lowest BCUT2D eigenvalue weighted by molar-refractivity contribution is 0.0436. The first-order valence-corrected chi connectivity index (χ1v) is 7.08. The molecule has 0 saturated carbocycles. The molecule has 0 aliphatic carbocycles. The molecule has 122 valence electrons. The molecule has 0 bridgehead atoms. The summed E-state index contributed by atoms with van der Waals surface area (Å²) in [5.74, 6) is -0.986. The number of benzene rings is 1. The zero-order valence-corrected chi connectivity index (χ0v) is 12.8. The van der Waals surface area contributed by atoms with Crippen molar-refractivity contribution < 1.29 is 23.5 Å². The van der Waals surface area contributed by atoms with Crippen molar-refractivity contribution in [3.05, 3.63) is 59.3 Å². The number of hydrogen-bond acceptors (Lipinski definition) is 7. The molecule has 1 aliphatic rings. The summed E-state index contributed by atoms with van der Waals surface area (Å²) in [5.41, 5.74) is 0.586. The van der Waals surface area contributed by atoms with Crippen LogP contribution >= 0.6 is 0 Å². The van der Waals surface area contributed by atoms with Crippen LogP contribution in [0.1, 0.15) is 42.9 Å². The summed E-state index contributed by atoms with van der Waals surface area (Å²) in [6, 6.07) is 4.22. The van der Waals surface area contributed by atoms with Gasteiger partial charge in [0.1, 0.15) is 0 Å². The molecule has 0 saturated heterocycles. The number of esters is 1. The molecule has 0 spiro atoms. The number of nitrogens with zero attached hydrogens (tertiary/aromatic N) is 3. The van der Waals surface area contributed by atoms with Crippen LogP contribution in [0.3, 0.4) is 0 Å². The van der Waals surface area contributed by atoms with Crippen LogP contribution in [0.4, 0.5) is 0 Å². The number of aromatic nitrogens is 2. The molecular weight excluding hydrogens is 314 g/mol. The van der Waals surface area contributed by atoms with Gasteiger partial charge in [-0.3, -0.25) is 14.5 Å². The van der Waals surface area contributed by atoms with Gasteiger partial charge in [0, 0.05) is 13.5 Å². The van der Waals surface area contributed by atoms with E-state index in [9.17, 15) is 14.4 Å². The summed E-state index contributed by atoms with van der Waals surface area (Å²) in [6.45, 7) is 5.08. The monoisotopic (exact) mass is 327 g/mol. The largest absolute Gasteiger partial charge is 0.452 e. The fourth-order valence-corrected chi connectivity index (χ4v) is 2.32. The molecule has 0 fully saturated rings. The van der Waals surface area contributed by atoms with Gasteiger partial charge in [0.15, 0.2) is 6.61 Å². The highest BCUT2D eigenvalue weighted by Crippen LogP contribution is 2.24. The number of rotatable bonds is 5. The van der Waals surface area contributed by atoms with Crippen LogP contribution in [0.15, 0.2) is 35.3 Å². The lowest BCUT2D eigenvalue weighted by atomic mass is 10.1. The smallest absolute Gasteiger partial charge is 0.338 e. The maximum atomic E-state index is 12.2. The molecule has 0 radical (unpaired) electrons. The summed E-state index contributed by atoms with van der Waals surface area (Å²) in [7, 11) is 0. The van der Waals surface area contributed by atoms with E-state index < -0.39 is 17.8 Å². The molecule has 2 aromatic rings. The molecule has 1 aliphatic heterocycles. The van der Waals surface area contributed by atoms with Gasteiger partial charge in [-0.15, -0.1) is 16.8 Å². The van der Waals surface area contributed by atoms with Crippen LogP contribution in [0, 0.1) is 6.92 Å². The Morgan fingerprint density at radius 1 is 1.29 bits per heavy atom. The zero-order valence-electron chi connectivity index (χ0n) is 12.8. The van der Waals surface area contributed by atoms with Gasteiger partial charge in [0.2, 0.25) is 5.89 Å². The molecule has 3 rings (SSSR count). The first-order chi connectivity index (χ1) is 11.5. The van der Waals surface area contributed by atoms with Gasteiger partial charge in [-0.25, -0.2) is 4.79 Å². The summed E-state index contributed by atoms with van der Waals surface area (Å²) in [5, 5.41) is 7.34. The fourth-order valence-electron chi connectivity index (χ4n) is 2.32. The highest BCUT2D eigenvalue weighted by atomic mass is 16.5. The first kappa shape index (κ1) is 15.6. The number of carbonyl (C=O) groups is 3. The quantitative estimate of drug-likeness (QED) is 0.466. The summed E-state index contributed by atoms with van der Waals surface area (Å²) < 4.78 is 10.2. The topological polar surface area (TPSA) is 103 Å². The van der Waals surface area contributed by atoms with Crippen molar-refractivity contribution in [3.8, 4) is 0 Å².